The van der Waals surface area contributed by atoms with Crippen molar-refractivity contribution in [2.45, 2.75) is 32.6 Å². The molecule has 1 aromatic rings. The van der Waals surface area contributed by atoms with Gasteiger partial charge in [-0.05, 0) is 19.4 Å². The summed E-state index contributed by atoms with van der Waals surface area (Å²) in [5.74, 6) is -0.299. The predicted octanol–water partition coefficient (Wildman–Crippen LogP) is 1.12. The number of hydrogen-bond donors (Lipinski definition) is 2. The zero-order valence-electron chi connectivity index (χ0n) is 13.0. The van der Waals surface area contributed by atoms with E-state index in [0.29, 0.717) is 19.6 Å². The molecule has 1 fully saturated rings. The maximum absolute atomic E-state index is 11.9. The number of ether oxygens (including phenoxy) is 1. The summed E-state index contributed by atoms with van der Waals surface area (Å²) in [5, 5.41) is 5.03. The van der Waals surface area contributed by atoms with Crippen LogP contribution in [0.1, 0.15) is 19.4 Å². The van der Waals surface area contributed by atoms with Crippen molar-refractivity contribution in [3.05, 3.63) is 35.9 Å². The highest BCUT2D eigenvalue weighted by Gasteiger charge is 2.24. The highest BCUT2D eigenvalue weighted by Crippen LogP contribution is 2.09. The van der Waals surface area contributed by atoms with Crippen LogP contribution in [0.25, 0.3) is 0 Å². The second-order valence-corrected chi connectivity index (χ2v) is 5.67. The highest BCUT2D eigenvalue weighted by molar-refractivity contribution is 5.95. The van der Waals surface area contributed by atoms with E-state index < -0.39 is 6.03 Å². The summed E-state index contributed by atoms with van der Waals surface area (Å²) in [5.41, 5.74) is 0.987. The predicted molar refractivity (Wildman–Crippen MR) is 83.3 cm³/mol. The minimum absolute atomic E-state index is 0.100. The first kappa shape index (κ1) is 16.5. The number of nitrogens with one attached hydrogen (secondary N) is 2. The second-order valence-electron chi connectivity index (χ2n) is 5.67. The molecule has 0 aromatic heterocycles. The van der Waals surface area contributed by atoms with E-state index in [1.54, 1.807) is 0 Å². The van der Waals surface area contributed by atoms with Gasteiger partial charge in [-0.2, -0.15) is 0 Å². The molecule has 120 valence electrons. The maximum atomic E-state index is 11.9. The van der Waals surface area contributed by atoms with Crippen molar-refractivity contribution in [2.75, 3.05) is 19.6 Å². The number of rotatable bonds is 4. The molecular weight excluding hydrogens is 282 g/mol. The molecule has 1 aliphatic heterocycles. The number of hydrogen-bond acceptors (Lipinski definition) is 4. The van der Waals surface area contributed by atoms with Crippen LogP contribution >= 0.6 is 0 Å². The Balaban J connectivity index is 1.71. The summed E-state index contributed by atoms with van der Waals surface area (Å²) in [7, 11) is 0. The fraction of sp³-hybridized carbons (Fsp3) is 0.500. The lowest BCUT2D eigenvalue weighted by Crippen LogP contribution is -2.50. The molecule has 1 heterocycles. The van der Waals surface area contributed by atoms with Gasteiger partial charge in [-0.25, -0.2) is 4.79 Å². The first-order valence-corrected chi connectivity index (χ1v) is 7.52. The fourth-order valence-corrected chi connectivity index (χ4v) is 2.61. The molecule has 2 rings (SSSR count). The Labute approximate surface area is 130 Å². The normalized spacial score (nSPS) is 22.1. The largest absolute Gasteiger partial charge is 0.373 e. The van der Waals surface area contributed by atoms with E-state index in [9.17, 15) is 9.59 Å². The van der Waals surface area contributed by atoms with Gasteiger partial charge in [0.1, 0.15) is 0 Å². The summed E-state index contributed by atoms with van der Waals surface area (Å²) in [6.45, 7) is 5.95. The van der Waals surface area contributed by atoms with Crippen LogP contribution in [0.5, 0.6) is 0 Å². The van der Waals surface area contributed by atoms with Gasteiger partial charge in [-0.1, -0.05) is 30.3 Å². The molecule has 0 aliphatic carbocycles. The van der Waals surface area contributed by atoms with Crippen LogP contribution in [-0.2, 0) is 16.1 Å². The van der Waals surface area contributed by atoms with Gasteiger partial charge in [0, 0.05) is 19.6 Å². The average Bonchev–Trinajstić information content (AvgIpc) is 2.45. The van der Waals surface area contributed by atoms with Crippen LogP contribution in [0.4, 0.5) is 4.79 Å². The molecular formula is C16H23N3O3. The number of imide groups is 1. The number of benzene rings is 1. The van der Waals surface area contributed by atoms with E-state index in [0.717, 1.165) is 5.56 Å². The van der Waals surface area contributed by atoms with E-state index in [1.807, 2.05) is 49.1 Å². The molecule has 1 saturated heterocycles. The van der Waals surface area contributed by atoms with E-state index in [4.69, 9.17) is 4.74 Å². The van der Waals surface area contributed by atoms with Gasteiger partial charge in [-0.3, -0.25) is 15.0 Å². The lowest BCUT2D eigenvalue weighted by molar-refractivity contribution is -0.124. The molecule has 22 heavy (non-hydrogen) atoms. The van der Waals surface area contributed by atoms with Gasteiger partial charge in [-0.15, -0.1) is 0 Å². The maximum Gasteiger partial charge on any atom is 0.321 e. The molecule has 1 aromatic carbocycles. The molecule has 2 atom stereocenters. The van der Waals surface area contributed by atoms with Gasteiger partial charge in [0.25, 0.3) is 0 Å². The van der Waals surface area contributed by atoms with E-state index in [2.05, 4.69) is 10.6 Å². The van der Waals surface area contributed by atoms with Crippen molar-refractivity contribution in [3.63, 3.8) is 0 Å². The number of morpholine rings is 1. The van der Waals surface area contributed by atoms with Crippen molar-refractivity contribution in [1.29, 1.82) is 0 Å². The molecule has 0 bridgehead atoms. The van der Waals surface area contributed by atoms with Crippen molar-refractivity contribution in [2.24, 2.45) is 0 Å². The highest BCUT2D eigenvalue weighted by atomic mass is 16.5. The quantitative estimate of drug-likeness (QED) is 0.874. The molecule has 0 saturated carbocycles. The monoisotopic (exact) mass is 305 g/mol. The Hall–Kier alpha value is -1.92. The smallest absolute Gasteiger partial charge is 0.321 e. The topological polar surface area (TPSA) is 70.7 Å². The van der Waals surface area contributed by atoms with Crippen molar-refractivity contribution in [3.8, 4) is 0 Å². The van der Waals surface area contributed by atoms with Crippen molar-refractivity contribution >= 4 is 11.9 Å². The van der Waals surface area contributed by atoms with E-state index >= 15 is 0 Å². The van der Waals surface area contributed by atoms with Gasteiger partial charge in [0.05, 0.1) is 18.8 Å². The number of nitrogens with zero attached hydrogens (tertiary/aromatic N) is 1. The summed E-state index contributed by atoms with van der Waals surface area (Å²) in [4.78, 5) is 25.6. The molecule has 3 amide bonds. The molecule has 2 unspecified atom stereocenters. The molecule has 6 heteroatoms. The number of amides is 3. The summed E-state index contributed by atoms with van der Waals surface area (Å²) in [6, 6.07) is 9.08. The second kappa shape index (κ2) is 7.91. The Morgan fingerprint density at radius 2 is 1.82 bits per heavy atom. The van der Waals surface area contributed by atoms with Gasteiger partial charge < -0.3 is 10.1 Å². The van der Waals surface area contributed by atoms with E-state index in [-0.39, 0.29) is 24.7 Å². The average molecular weight is 305 g/mol. The Kier molecular flexibility index (Phi) is 5.91. The minimum atomic E-state index is -0.469. The Morgan fingerprint density at radius 3 is 2.45 bits per heavy atom. The Morgan fingerprint density at radius 1 is 1.18 bits per heavy atom. The standard InChI is InChI=1S/C16H23N3O3/c1-12-9-19(10-13(2)22-12)11-15(20)18-16(21)17-8-14-6-4-3-5-7-14/h3-7,12-13H,8-11H2,1-2H3,(H2,17,18,20,21). The minimum Gasteiger partial charge on any atom is -0.373 e. The molecule has 0 radical (unpaired) electrons. The fourth-order valence-electron chi connectivity index (χ4n) is 2.61. The summed E-state index contributed by atoms with van der Waals surface area (Å²) >= 11 is 0. The Bertz CT molecular complexity index is 497. The van der Waals surface area contributed by atoms with Crippen molar-refractivity contribution < 1.29 is 14.3 Å². The summed E-state index contributed by atoms with van der Waals surface area (Å²) < 4.78 is 5.61. The first-order valence-electron chi connectivity index (χ1n) is 7.52. The van der Waals surface area contributed by atoms with Crippen LogP contribution in [0, 0.1) is 0 Å². The van der Waals surface area contributed by atoms with Crippen molar-refractivity contribution in [1.82, 2.24) is 15.5 Å². The number of urea groups is 1. The SMILES string of the molecule is CC1CN(CC(=O)NC(=O)NCc2ccccc2)CC(C)O1. The molecule has 6 nitrogen and oxygen atoms in total. The van der Waals surface area contributed by atoms with Crippen LogP contribution in [-0.4, -0.2) is 48.7 Å². The first-order chi connectivity index (χ1) is 10.5. The molecule has 0 spiro atoms. The third kappa shape index (κ3) is 5.46. The van der Waals surface area contributed by atoms with Gasteiger partial charge in [0.2, 0.25) is 5.91 Å². The van der Waals surface area contributed by atoms with Crippen LogP contribution in [0.2, 0.25) is 0 Å². The third-order valence-electron chi connectivity index (χ3n) is 3.41. The molecule has 1 aliphatic rings. The van der Waals surface area contributed by atoms with Gasteiger partial charge in [0.15, 0.2) is 0 Å². The zero-order valence-corrected chi connectivity index (χ0v) is 13.0. The zero-order chi connectivity index (χ0) is 15.9. The summed E-state index contributed by atoms with van der Waals surface area (Å²) in [6.07, 6.45) is 0.201. The van der Waals surface area contributed by atoms with Crippen LogP contribution in [0.3, 0.4) is 0 Å². The van der Waals surface area contributed by atoms with E-state index in [1.165, 1.54) is 0 Å². The lowest BCUT2D eigenvalue weighted by Gasteiger charge is -2.34. The number of carbonyl (C=O) groups excluding carboxylic acids is 2. The van der Waals surface area contributed by atoms with Crippen LogP contribution in [0.15, 0.2) is 30.3 Å². The third-order valence-corrected chi connectivity index (χ3v) is 3.41. The van der Waals surface area contributed by atoms with Crippen LogP contribution < -0.4 is 10.6 Å². The molecule has 2 N–H and O–H groups in total. The van der Waals surface area contributed by atoms with Gasteiger partial charge >= 0.3 is 6.03 Å². The number of carbonyl (C=O) groups is 2. The lowest BCUT2D eigenvalue weighted by atomic mass is 10.2.